The monoisotopic (exact) mass is 478 g/mol. The van der Waals surface area contributed by atoms with Gasteiger partial charge in [0.2, 0.25) is 0 Å². The highest BCUT2D eigenvalue weighted by atomic mass is 31.2. The third kappa shape index (κ3) is 5.60. The lowest BCUT2D eigenvalue weighted by atomic mass is 9.98. The van der Waals surface area contributed by atoms with Gasteiger partial charge in [-0.1, -0.05) is 0 Å². The maximum atomic E-state index is 15.6. The number of nitrogens with zero attached hydrogens (tertiary/aromatic N) is 3. The fourth-order valence-corrected chi connectivity index (χ4v) is 5.28. The van der Waals surface area contributed by atoms with Crippen molar-refractivity contribution in [1.29, 1.82) is 5.26 Å². The van der Waals surface area contributed by atoms with Gasteiger partial charge in [0, 0.05) is 24.3 Å². The van der Waals surface area contributed by atoms with Crippen molar-refractivity contribution in [3.05, 3.63) is 33.1 Å². The second-order valence-corrected chi connectivity index (χ2v) is 9.31. The van der Waals surface area contributed by atoms with Crippen LogP contribution < -0.4 is 11.2 Å². The zero-order chi connectivity index (χ0) is 24.1. The molecule has 0 amide bonds. The van der Waals surface area contributed by atoms with Gasteiger partial charge in [-0.3, -0.25) is 14.3 Å². The van der Waals surface area contributed by atoms with Gasteiger partial charge < -0.3 is 18.9 Å². The number of aromatic amines is 1. The molecular formula is C19H29F2N4O6P. The molecule has 1 fully saturated rings. The molecule has 1 aromatic rings. The van der Waals surface area contributed by atoms with Crippen LogP contribution in [0.3, 0.4) is 0 Å². The third-order valence-corrected chi connectivity index (χ3v) is 7.03. The van der Waals surface area contributed by atoms with Crippen LogP contribution >= 0.6 is 8.53 Å². The standard InChI is InChI=1S/C19H29F2N4O6P/c1-12(2)25(13(3)4)32(29-9-5-7-22)31-16-15(21)17(30-19(16,10-20)11-26)24-8-6-14(27)23-18(24)28/h6,8,12-13,15-17,26H,5,9-11H2,1-4H3,(H,23,27,28)/t15-,16+,17?,19-,32?/m1/s1. The van der Waals surface area contributed by atoms with Gasteiger partial charge in [-0.15, -0.1) is 0 Å². The Bertz CT molecular complexity index is 893. The quantitative estimate of drug-likeness (QED) is 0.364. The minimum Gasteiger partial charge on any atom is -0.393 e. The second-order valence-electron chi connectivity index (χ2n) is 7.90. The van der Waals surface area contributed by atoms with Gasteiger partial charge in [0.1, 0.15) is 12.8 Å². The highest BCUT2D eigenvalue weighted by molar-refractivity contribution is 7.44. The highest BCUT2D eigenvalue weighted by Crippen LogP contribution is 2.52. The lowest BCUT2D eigenvalue weighted by molar-refractivity contribution is -0.135. The molecule has 1 saturated heterocycles. The number of H-pyrrole nitrogens is 1. The Morgan fingerprint density at radius 2 is 2.06 bits per heavy atom. The number of alkyl halides is 2. The molecule has 2 N–H and O–H groups in total. The van der Waals surface area contributed by atoms with E-state index in [-0.39, 0.29) is 25.1 Å². The Hall–Kier alpha value is -1.74. The number of nitrogens with one attached hydrogen (secondary N) is 1. The summed E-state index contributed by atoms with van der Waals surface area (Å²) in [5.41, 5.74) is -3.74. The molecule has 0 aromatic carbocycles. The van der Waals surface area contributed by atoms with Gasteiger partial charge >= 0.3 is 5.69 Å². The van der Waals surface area contributed by atoms with E-state index < -0.39 is 57.2 Å². The summed E-state index contributed by atoms with van der Waals surface area (Å²) in [5, 5.41) is 18.8. The third-order valence-electron chi connectivity index (χ3n) is 4.92. The van der Waals surface area contributed by atoms with E-state index in [0.717, 1.165) is 16.8 Å². The summed E-state index contributed by atoms with van der Waals surface area (Å²) >= 11 is 0. The van der Waals surface area contributed by atoms with E-state index in [1.807, 2.05) is 43.4 Å². The number of rotatable bonds is 11. The number of aliphatic hydroxyl groups is 1. The van der Waals surface area contributed by atoms with Crippen molar-refractivity contribution in [1.82, 2.24) is 14.2 Å². The molecule has 2 heterocycles. The van der Waals surface area contributed by atoms with E-state index >= 15 is 4.39 Å². The molecule has 0 aliphatic carbocycles. The summed E-state index contributed by atoms with van der Waals surface area (Å²) in [6.45, 7) is 5.29. The van der Waals surface area contributed by atoms with Crippen molar-refractivity contribution in [2.45, 2.75) is 70.3 Å². The fourth-order valence-electron chi connectivity index (χ4n) is 3.47. The summed E-state index contributed by atoms with van der Waals surface area (Å²) < 4.78 is 49.5. The average molecular weight is 478 g/mol. The summed E-state index contributed by atoms with van der Waals surface area (Å²) in [6.07, 6.45) is -4.26. The number of aliphatic hydroxyl groups excluding tert-OH is 1. The van der Waals surface area contributed by atoms with Crippen molar-refractivity contribution in [3.8, 4) is 6.07 Å². The first-order valence-electron chi connectivity index (χ1n) is 10.2. The van der Waals surface area contributed by atoms with Crippen molar-refractivity contribution < 1.29 is 27.7 Å². The van der Waals surface area contributed by atoms with Crippen LogP contribution in [0.15, 0.2) is 21.9 Å². The Morgan fingerprint density at radius 1 is 1.41 bits per heavy atom. The SMILES string of the molecule is CC(C)N(C(C)C)P(OCCC#N)O[C@H]1[C@@H](F)C(n2ccc(=O)[nH]c2=O)O[C@@]1(CO)CF. The first kappa shape index (κ1) is 26.5. The van der Waals surface area contributed by atoms with Crippen molar-refractivity contribution in [3.63, 3.8) is 0 Å². The molecule has 180 valence electrons. The molecule has 1 aromatic heterocycles. The highest BCUT2D eigenvalue weighted by Gasteiger charge is 2.59. The summed E-state index contributed by atoms with van der Waals surface area (Å²) in [4.78, 5) is 25.5. The first-order chi connectivity index (χ1) is 15.1. The Morgan fingerprint density at radius 3 is 2.56 bits per heavy atom. The van der Waals surface area contributed by atoms with E-state index in [1.165, 1.54) is 0 Å². The molecule has 13 heteroatoms. The van der Waals surface area contributed by atoms with Crippen LogP contribution in [0, 0.1) is 11.3 Å². The number of aromatic nitrogens is 2. The average Bonchev–Trinajstić information content (AvgIpc) is 3.00. The van der Waals surface area contributed by atoms with E-state index in [0.29, 0.717) is 0 Å². The smallest absolute Gasteiger partial charge is 0.330 e. The van der Waals surface area contributed by atoms with Crippen LogP contribution in [-0.4, -0.2) is 69.2 Å². The number of nitriles is 1. The number of hydrogen-bond donors (Lipinski definition) is 2. The molecule has 0 saturated carbocycles. The van der Waals surface area contributed by atoms with E-state index in [9.17, 15) is 19.1 Å². The normalized spacial score (nSPS) is 26.7. The maximum Gasteiger partial charge on any atom is 0.330 e. The molecular weight excluding hydrogens is 449 g/mol. The predicted molar refractivity (Wildman–Crippen MR) is 112 cm³/mol. The molecule has 0 spiro atoms. The van der Waals surface area contributed by atoms with Crippen molar-refractivity contribution in [2.24, 2.45) is 0 Å². The van der Waals surface area contributed by atoms with Crippen LogP contribution in [0.1, 0.15) is 40.3 Å². The zero-order valence-electron chi connectivity index (χ0n) is 18.4. The Labute approximate surface area is 185 Å². The number of hydrogen-bond acceptors (Lipinski definition) is 8. The molecule has 0 radical (unpaired) electrons. The number of halogens is 2. The summed E-state index contributed by atoms with van der Waals surface area (Å²) in [6, 6.07) is 2.74. The maximum absolute atomic E-state index is 15.6. The van der Waals surface area contributed by atoms with Gasteiger partial charge in [-0.25, -0.2) is 18.2 Å². The predicted octanol–water partition coefficient (Wildman–Crippen LogP) is 1.77. The van der Waals surface area contributed by atoms with Gasteiger partial charge in [0.05, 0.1) is 25.7 Å². The largest absolute Gasteiger partial charge is 0.393 e. The van der Waals surface area contributed by atoms with Crippen molar-refractivity contribution in [2.75, 3.05) is 19.9 Å². The lowest BCUT2D eigenvalue weighted by Gasteiger charge is -2.39. The van der Waals surface area contributed by atoms with Crippen LogP contribution in [0.4, 0.5) is 8.78 Å². The van der Waals surface area contributed by atoms with Crippen LogP contribution in [0.2, 0.25) is 0 Å². The van der Waals surface area contributed by atoms with Crippen LogP contribution in [-0.2, 0) is 13.8 Å². The van der Waals surface area contributed by atoms with Crippen LogP contribution in [0.25, 0.3) is 0 Å². The number of ether oxygens (including phenoxy) is 1. The molecule has 2 rings (SSSR count). The first-order valence-corrected chi connectivity index (χ1v) is 11.3. The summed E-state index contributed by atoms with van der Waals surface area (Å²) in [7, 11) is -1.98. The minimum absolute atomic E-state index is 0.00717. The van der Waals surface area contributed by atoms with Crippen LogP contribution in [0.5, 0.6) is 0 Å². The van der Waals surface area contributed by atoms with Gasteiger partial charge in [0.15, 0.2) is 18.0 Å². The molecule has 1 aliphatic heterocycles. The van der Waals surface area contributed by atoms with Gasteiger partial charge in [-0.05, 0) is 27.7 Å². The topological polar surface area (TPSA) is 130 Å². The van der Waals surface area contributed by atoms with E-state index in [4.69, 9.17) is 19.0 Å². The molecule has 10 nitrogen and oxygen atoms in total. The van der Waals surface area contributed by atoms with Gasteiger partial charge in [0.25, 0.3) is 14.1 Å². The fraction of sp³-hybridized carbons (Fsp3) is 0.737. The second kappa shape index (κ2) is 11.4. The molecule has 32 heavy (non-hydrogen) atoms. The van der Waals surface area contributed by atoms with Crippen molar-refractivity contribution >= 4 is 8.53 Å². The lowest BCUT2D eigenvalue weighted by Crippen LogP contribution is -2.49. The Kier molecular flexibility index (Phi) is 9.45. The zero-order valence-corrected chi connectivity index (χ0v) is 19.3. The minimum atomic E-state index is -2.10. The van der Waals surface area contributed by atoms with Gasteiger partial charge in [-0.2, -0.15) is 5.26 Å². The molecule has 0 bridgehead atoms. The summed E-state index contributed by atoms with van der Waals surface area (Å²) in [5.74, 6) is 0. The Balaban J connectivity index is 2.43. The molecule has 2 unspecified atom stereocenters. The van der Waals surface area contributed by atoms with E-state index in [2.05, 4.69) is 0 Å². The van der Waals surface area contributed by atoms with E-state index in [1.54, 1.807) is 0 Å². The molecule has 1 aliphatic rings. The molecule has 5 atom stereocenters.